The van der Waals surface area contributed by atoms with E-state index in [1.165, 1.54) is 36.7 Å². The van der Waals surface area contributed by atoms with Crippen molar-refractivity contribution in [3.63, 3.8) is 0 Å². The molecule has 0 saturated carbocycles. The van der Waals surface area contributed by atoms with Crippen LogP contribution in [0, 0.1) is 10.1 Å². The summed E-state index contributed by atoms with van der Waals surface area (Å²) < 4.78 is 0.499. The van der Waals surface area contributed by atoms with E-state index in [0.29, 0.717) is 10.9 Å². The van der Waals surface area contributed by atoms with Crippen LogP contribution in [0.2, 0.25) is 4.34 Å². The van der Waals surface area contributed by atoms with Crippen LogP contribution in [0.15, 0.2) is 6.07 Å². The molecule has 0 atom stereocenters. The minimum atomic E-state index is -0.346. The van der Waals surface area contributed by atoms with E-state index in [-0.39, 0.29) is 10.6 Å². The lowest BCUT2D eigenvalue weighted by atomic mass is 10.1. The van der Waals surface area contributed by atoms with Gasteiger partial charge in [0.05, 0.1) is 9.80 Å². The van der Waals surface area contributed by atoms with Crippen molar-refractivity contribution in [1.29, 1.82) is 0 Å². The number of likely N-dealkylation sites (tertiary alicyclic amines) is 1. The third-order valence-electron chi connectivity index (χ3n) is 2.77. The number of nitrogens with zero attached hydrogens (tertiary/aromatic N) is 2. The molecule has 2 rings (SSSR count). The van der Waals surface area contributed by atoms with Gasteiger partial charge in [-0.15, -0.1) is 11.3 Å². The highest BCUT2D eigenvalue weighted by Gasteiger charge is 2.21. The monoisotopic (exact) mass is 260 g/mol. The van der Waals surface area contributed by atoms with Crippen molar-refractivity contribution in [3.05, 3.63) is 25.4 Å². The highest BCUT2D eigenvalue weighted by atomic mass is 35.5. The van der Waals surface area contributed by atoms with Crippen molar-refractivity contribution in [2.24, 2.45) is 0 Å². The summed E-state index contributed by atoms with van der Waals surface area (Å²) in [5.41, 5.74) is 0.167. The Bertz CT molecular complexity index is 388. The maximum absolute atomic E-state index is 10.8. The molecule has 16 heavy (non-hydrogen) atoms. The number of nitro groups is 1. The molecule has 0 radical (unpaired) electrons. The van der Waals surface area contributed by atoms with Crippen LogP contribution in [-0.4, -0.2) is 22.9 Å². The van der Waals surface area contributed by atoms with Gasteiger partial charge in [0.2, 0.25) is 0 Å². The van der Waals surface area contributed by atoms with E-state index >= 15 is 0 Å². The molecule has 1 aromatic heterocycles. The zero-order valence-electron chi connectivity index (χ0n) is 8.82. The molecule has 0 amide bonds. The Morgan fingerprint density at radius 2 is 2.12 bits per heavy atom. The van der Waals surface area contributed by atoms with Crippen LogP contribution in [0.3, 0.4) is 0 Å². The first-order valence-corrected chi connectivity index (χ1v) is 6.51. The molecule has 1 aliphatic heterocycles. The van der Waals surface area contributed by atoms with Crippen molar-refractivity contribution < 1.29 is 4.92 Å². The number of hydrogen-bond donors (Lipinski definition) is 0. The van der Waals surface area contributed by atoms with E-state index in [9.17, 15) is 10.1 Å². The molecule has 0 spiro atoms. The lowest BCUT2D eigenvalue weighted by Gasteiger charge is -2.25. The Morgan fingerprint density at radius 3 is 2.75 bits per heavy atom. The van der Waals surface area contributed by atoms with E-state index in [0.717, 1.165) is 18.0 Å². The average Bonchev–Trinajstić information content (AvgIpc) is 2.61. The second-order valence-electron chi connectivity index (χ2n) is 3.95. The topological polar surface area (TPSA) is 46.4 Å². The molecule has 1 fully saturated rings. The molecule has 0 N–H and O–H groups in total. The smallest absolute Gasteiger partial charge is 0.286 e. The van der Waals surface area contributed by atoms with Crippen molar-refractivity contribution >= 4 is 28.6 Å². The molecule has 0 aliphatic carbocycles. The highest BCUT2D eigenvalue weighted by Crippen LogP contribution is 2.33. The van der Waals surface area contributed by atoms with E-state index in [1.54, 1.807) is 0 Å². The molecule has 0 bridgehead atoms. The molecule has 1 saturated heterocycles. The zero-order chi connectivity index (χ0) is 11.5. The van der Waals surface area contributed by atoms with Gasteiger partial charge in [0.1, 0.15) is 4.34 Å². The minimum Gasteiger partial charge on any atom is -0.298 e. The molecule has 2 heterocycles. The molecule has 1 aromatic rings. The van der Waals surface area contributed by atoms with Crippen molar-refractivity contribution in [2.45, 2.75) is 25.8 Å². The Labute approximate surface area is 103 Å². The summed E-state index contributed by atoms with van der Waals surface area (Å²) in [6.45, 7) is 2.73. The summed E-state index contributed by atoms with van der Waals surface area (Å²) in [6.07, 6.45) is 3.64. The summed E-state index contributed by atoms with van der Waals surface area (Å²) in [5, 5.41) is 10.8. The molecule has 4 nitrogen and oxygen atoms in total. The number of rotatable bonds is 3. The van der Waals surface area contributed by atoms with Crippen molar-refractivity contribution in [3.8, 4) is 0 Å². The Kier molecular flexibility index (Phi) is 3.78. The standard InChI is InChI=1S/C10H13ClN2O2S/c11-10-6-8(13(14)15)9(16-10)7-12-4-2-1-3-5-12/h6H,1-5,7H2. The Morgan fingerprint density at radius 1 is 1.44 bits per heavy atom. The van der Waals surface area contributed by atoms with Gasteiger partial charge in [0.25, 0.3) is 5.69 Å². The number of hydrogen-bond acceptors (Lipinski definition) is 4. The summed E-state index contributed by atoms with van der Waals surface area (Å²) >= 11 is 7.14. The normalized spacial score (nSPS) is 17.6. The van der Waals surface area contributed by atoms with Gasteiger partial charge >= 0.3 is 0 Å². The maximum atomic E-state index is 10.8. The summed E-state index contributed by atoms with van der Waals surface area (Å²) in [7, 11) is 0. The highest BCUT2D eigenvalue weighted by molar-refractivity contribution is 7.16. The minimum absolute atomic E-state index is 0.167. The van der Waals surface area contributed by atoms with Gasteiger partial charge < -0.3 is 0 Å². The van der Waals surface area contributed by atoms with Crippen LogP contribution >= 0.6 is 22.9 Å². The Balaban J connectivity index is 2.10. The molecule has 0 aromatic carbocycles. The van der Waals surface area contributed by atoms with E-state index in [2.05, 4.69) is 4.90 Å². The molecule has 6 heteroatoms. The second-order valence-corrected chi connectivity index (χ2v) is 5.72. The van der Waals surface area contributed by atoms with Crippen LogP contribution in [-0.2, 0) is 6.54 Å². The number of thiophene rings is 1. The van der Waals surface area contributed by atoms with Crippen LogP contribution in [0.1, 0.15) is 24.1 Å². The van der Waals surface area contributed by atoms with Crippen molar-refractivity contribution in [1.82, 2.24) is 4.90 Å². The van der Waals surface area contributed by atoms with E-state index in [4.69, 9.17) is 11.6 Å². The fourth-order valence-electron chi connectivity index (χ4n) is 1.98. The molecule has 0 unspecified atom stereocenters. The van der Waals surface area contributed by atoms with Gasteiger partial charge in [-0.2, -0.15) is 0 Å². The average molecular weight is 261 g/mol. The third kappa shape index (κ3) is 2.72. The SMILES string of the molecule is O=[N+]([O-])c1cc(Cl)sc1CN1CCCCC1. The van der Waals surface area contributed by atoms with Crippen molar-refractivity contribution in [2.75, 3.05) is 13.1 Å². The maximum Gasteiger partial charge on any atom is 0.286 e. The van der Waals surface area contributed by atoms with Gasteiger partial charge in [-0.05, 0) is 25.9 Å². The third-order valence-corrected chi connectivity index (χ3v) is 4.01. The fourth-order valence-corrected chi connectivity index (χ4v) is 3.25. The fraction of sp³-hybridized carbons (Fsp3) is 0.600. The predicted molar refractivity (Wildman–Crippen MR) is 65.1 cm³/mol. The molecule has 88 valence electrons. The van der Waals surface area contributed by atoms with Crippen LogP contribution in [0.25, 0.3) is 0 Å². The molecular formula is C10H13ClN2O2S. The van der Waals surface area contributed by atoms with Gasteiger partial charge in [0.15, 0.2) is 0 Å². The zero-order valence-corrected chi connectivity index (χ0v) is 10.4. The molecular weight excluding hydrogens is 248 g/mol. The number of piperidine rings is 1. The molecule has 1 aliphatic rings. The van der Waals surface area contributed by atoms with Gasteiger partial charge in [-0.25, -0.2) is 0 Å². The van der Waals surface area contributed by atoms with Crippen LogP contribution in [0.4, 0.5) is 5.69 Å². The van der Waals surface area contributed by atoms with Gasteiger partial charge in [-0.1, -0.05) is 18.0 Å². The van der Waals surface area contributed by atoms with E-state index < -0.39 is 0 Å². The second kappa shape index (κ2) is 5.12. The predicted octanol–water partition coefficient (Wildman–Crippen LogP) is 3.30. The lowest BCUT2D eigenvalue weighted by Crippen LogP contribution is -2.28. The van der Waals surface area contributed by atoms with Gasteiger partial charge in [-0.3, -0.25) is 15.0 Å². The number of halogens is 1. The first kappa shape index (κ1) is 11.8. The van der Waals surface area contributed by atoms with Crippen LogP contribution in [0.5, 0.6) is 0 Å². The quantitative estimate of drug-likeness (QED) is 0.619. The van der Waals surface area contributed by atoms with E-state index in [1.807, 2.05) is 0 Å². The summed E-state index contributed by atoms with van der Waals surface area (Å²) in [6, 6.07) is 1.45. The largest absolute Gasteiger partial charge is 0.298 e. The first-order valence-electron chi connectivity index (χ1n) is 5.32. The van der Waals surface area contributed by atoms with Crippen LogP contribution < -0.4 is 0 Å². The van der Waals surface area contributed by atoms with Gasteiger partial charge in [0, 0.05) is 12.6 Å². The lowest BCUT2D eigenvalue weighted by molar-refractivity contribution is -0.385. The first-order chi connectivity index (χ1) is 7.66. The summed E-state index contributed by atoms with van der Waals surface area (Å²) in [5.74, 6) is 0. The summed E-state index contributed by atoms with van der Waals surface area (Å²) in [4.78, 5) is 13.5. The Hall–Kier alpha value is -0.650.